The molecule has 3 aromatic rings. The molecule has 208 valence electrons. The number of benzene rings is 2. The van der Waals surface area contributed by atoms with Gasteiger partial charge < -0.3 is 24.3 Å². The maximum Gasteiger partial charge on any atom is 0.342 e. The standard InChI is InChI=1S/C33H43N3O3/c1-24(2)39-32(37)28-22-36(23-33(3,4)30-27-14-6-7-15-29(27)34-31(28)30)21-25-12-10-13-26(20-25)38-19-11-18-35-16-8-5-9-17-35/h6-7,10,12-15,20,22,24,34H,5,8-9,11,16-19,21,23H2,1-4H3. The first-order valence-corrected chi connectivity index (χ1v) is 14.5. The molecule has 2 aliphatic rings. The van der Waals surface area contributed by atoms with Crippen LogP contribution in [0.25, 0.3) is 16.5 Å². The minimum Gasteiger partial charge on any atom is -0.494 e. The topological polar surface area (TPSA) is 57.8 Å². The lowest BCUT2D eigenvalue weighted by Crippen LogP contribution is -2.32. The predicted octanol–water partition coefficient (Wildman–Crippen LogP) is 6.51. The van der Waals surface area contributed by atoms with Gasteiger partial charge in [-0.1, -0.05) is 50.6 Å². The number of nitrogens with zero attached hydrogens (tertiary/aromatic N) is 2. The number of hydrogen-bond donors (Lipinski definition) is 1. The van der Waals surface area contributed by atoms with E-state index in [0.29, 0.717) is 12.1 Å². The minimum atomic E-state index is -0.300. The SMILES string of the molecule is CC(C)OC(=O)C1=CN(Cc2cccc(OCCCN3CCCCC3)c2)CC(C)(C)c2c1[nH]c1ccccc21. The van der Waals surface area contributed by atoms with Gasteiger partial charge in [-0.2, -0.15) is 0 Å². The van der Waals surface area contributed by atoms with Gasteiger partial charge in [0.15, 0.2) is 0 Å². The van der Waals surface area contributed by atoms with Crippen LogP contribution in [0, 0.1) is 0 Å². The molecule has 0 radical (unpaired) electrons. The molecule has 0 bridgehead atoms. The lowest BCUT2D eigenvalue weighted by Gasteiger charge is -2.31. The maximum atomic E-state index is 13.4. The van der Waals surface area contributed by atoms with Crippen molar-refractivity contribution in [3.05, 3.63) is 71.6 Å². The Morgan fingerprint density at radius 3 is 2.64 bits per heavy atom. The van der Waals surface area contributed by atoms with Crippen LogP contribution in [0.5, 0.6) is 5.75 Å². The highest BCUT2D eigenvalue weighted by molar-refractivity contribution is 6.18. The lowest BCUT2D eigenvalue weighted by molar-refractivity contribution is -0.140. The average molecular weight is 530 g/mol. The first-order chi connectivity index (χ1) is 18.8. The van der Waals surface area contributed by atoms with E-state index in [2.05, 4.69) is 65.0 Å². The van der Waals surface area contributed by atoms with E-state index < -0.39 is 0 Å². The Bertz CT molecular complexity index is 1320. The van der Waals surface area contributed by atoms with Crippen LogP contribution < -0.4 is 4.74 Å². The second-order valence-corrected chi connectivity index (χ2v) is 12.0. The van der Waals surface area contributed by atoms with Crippen LogP contribution in [0.4, 0.5) is 0 Å². The van der Waals surface area contributed by atoms with Gasteiger partial charge >= 0.3 is 5.97 Å². The van der Waals surface area contributed by atoms with Crippen LogP contribution >= 0.6 is 0 Å². The lowest BCUT2D eigenvalue weighted by atomic mass is 9.82. The van der Waals surface area contributed by atoms with Crippen LogP contribution in [0.3, 0.4) is 0 Å². The highest BCUT2D eigenvalue weighted by Crippen LogP contribution is 2.40. The number of para-hydroxylation sites is 1. The van der Waals surface area contributed by atoms with E-state index in [4.69, 9.17) is 9.47 Å². The summed E-state index contributed by atoms with van der Waals surface area (Å²) in [5, 5.41) is 1.16. The van der Waals surface area contributed by atoms with Crippen molar-refractivity contribution in [2.75, 3.05) is 32.8 Å². The van der Waals surface area contributed by atoms with Crippen molar-refractivity contribution < 1.29 is 14.3 Å². The highest BCUT2D eigenvalue weighted by atomic mass is 16.5. The van der Waals surface area contributed by atoms with E-state index in [1.54, 1.807) is 0 Å². The van der Waals surface area contributed by atoms with Gasteiger partial charge in [0, 0.05) is 42.2 Å². The molecule has 2 aromatic carbocycles. The van der Waals surface area contributed by atoms with E-state index >= 15 is 0 Å². The summed E-state index contributed by atoms with van der Waals surface area (Å²) in [6.45, 7) is 14.0. The fourth-order valence-electron chi connectivity index (χ4n) is 6.09. The van der Waals surface area contributed by atoms with Crippen molar-refractivity contribution in [3.63, 3.8) is 0 Å². The Kier molecular flexibility index (Phi) is 8.31. The van der Waals surface area contributed by atoms with Gasteiger partial charge in [0.25, 0.3) is 0 Å². The van der Waals surface area contributed by atoms with Crippen molar-refractivity contribution in [1.82, 2.24) is 14.8 Å². The van der Waals surface area contributed by atoms with Gasteiger partial charge in [-0.3, -0.25) is 0 Å². The summed E-state index contributed by atoms with van der Waals surface area (Å²) in [6, 6.07) is 16.7. The summed E-state index contributed by atoms with van der Waals surface area (Å²) >= 11 is 0. The molecular weight excluding hydrogens is 486 g/mol. The van der Waals surface area contributed by atoms with Gasteiger partial charge in [-0.05, 0) is 75.5 Å². The maximum absolute atomic E-state index is 13.4. The van der Waals surface area contributed by atoms with E-state index in [1.165, 1.54) is 37.9 Å². The molecule has 0 unspecified atom stereocenters. The molecule has 39 heavy (non-hydrogen) atoms. The quantitative estimate of drug-likeness (QED) is 0.253. The number of rotatable bonds is 9. The normalized spacial score (nSPS) is 17.6. The third kappa shape index (κ3) is 6.50. The Morgan fingerprint density at radius 2 is 1.85 bits per heavy atom. The second-order valence-electron chi connectivity index (χ2n) is 12.0. The summed E-state index contributed by atoms with van der Waals surface area (Å²) in [5.41, 5.74) is 4.59. The third-order valence-corrected chi connectivity index (χ3v) is 7.75. The molecule has 2 aliphatic heterocycles. The first-order valence-electron chi connectivity index (χ1n) is 14.5. The number of hydrogen-bond acceptors (Lipinski definition) is 5. The van der Waals surface area contributed by atoms with Crippen molar-refractivity contribution in [2.24, 2.45) is 0 Å². The molecule has 6 nitrogen and oxygen atoms in total. The fraction of sp³-hybridized carbons (Fsp3) is 0.485. The van der Waals surface area contributed by atoms with Crippen molar-refractivity contribution in [2.45, 2.75) is 71.4 Å². The Balaban J connectivity index is 1.35. The van der Waals surface area contributed by atoms with Gasteiger partial charge in [0.05, 0.1) is 24.0 Å². The molecule has 0 amide bonds. The summed E-state index contributed by atoms with van der Waals surface area (Å²) in [6.07, 6.45) is 6.84. The summed E-state index contributed by atoms with van der Waals surface area (Å²) in [5.74, 6) is 0.603. The van der Waals surface area contributed by atoms with Crippen LogP contribution in [0.2, 0.25) is 0 Å². The number of esters is 1. The van der Waals surface area contributed by atoms with Crippen LogP contribution in [0.15, 0.2) is 54.7 Å². The van der Waals surface area contributed by atoms with Gasteiger partial charge in [0.1, 0.15) is 5.75 Å². The summed E-state index contributed by atoms with van der Waals surface area (Å²) in [4.78, 5) is 21.7. The molecule has 0 atom stereocenters. The molecule has 0 saturated carbocycles. The number of H-pyrrole nitrogens is 1. The predicted molar refractivity (Wildman–Crippen MR) is 158 cm³/mol. The molecule has 5 rings (SSSR count). The molecule has 1 saturated heterocycles. The number of likely N-dealkylation sites (tertiary alicyclic amines) is 1. The van der Waals surface area contributed by atoms with E-state index in [9.17, 15) is 4.79 Å². The zero-order chi connectivity index (χ0) is 27.4. The molecule has 1 aromatic heterocycles. The number of aromatic nitrogens is 1. The molecule has 0 aliphatic carbocycles. The van der Waals surface area contributed by atoms with Crippen molar-refractivity contribution in [1.29, 1.82) is 0 Å². The molecule has 1 fully saturated rings. The van der Waals surface area contributed by atoms with E-state index in [-0.39, 0.29) is 17.5 Å². The number of fused-ring (bicyclic) bond motifs is 3. The third-order valence-electron chi connectivity index (χ3n) is 7.75. The van der Waals surface area contributed by atoms with Crippen molar-refractivity contribution >= 4 is 22.4 Å². The molecule has 3 heterocycles. The fourth-order valence-corrected chi connectivity index (χ4v) is 6.09. The number of aromatic amines is 1. The number of carbonyl (C=O) groups excluding carboxylic acids is 1. The number of ether oxygens (including phenoxy) is 2. The molecule has 1 N–H and O–H groups in total. The van der Waals surface area contributed by atoms with Crippen LogP contribution in [-0.4, -0.2) is 59.6 Å². The van der Waals surface area contributed by atoms with E-state index in [0.717, 1.165) is 54.0 Å². The van der Waals surface area contributed by atoms with Crippen LogP contribution in [0.1, 0.15) is 70.2 Å². The largest absolute Gasteiger partial charge is 0.494 e. The number of carbonyl (C=O) groups is 1. The Hall–Kier alpha value is -3.25. The second kappa shape index (κ2) is 11.9. The first kappa shape index (κ1) is 27.3. The van der Waals surface area contributed by atoms with Crippen molar-refractivity contribution in [3.8, 4) is 5.75 Å². The van der Waals surface area contributed by atoms with Gasteiger partial charge in [-0.15, -0.1) is 0 Å². The average Bonchev–Trinajstić information content (AvgIpc) is 3.25. The zero-order valence-corrected chi connectivity index (χ0v) is 24.0. The highest BCUT2D eigenvalue weighted by Gasteiger charge is 2.36. The summed E-state index contributed by atoms with van der Waals surface area (Å²) in [7, 11) is 0. The van der Waals surface area contributed by atoms with Crippen LogP contribution in [-0.2, 0) is 21.5 Å². The number of piperidine rings is 1. The smallest absolute Gasteiger partial charge is 0.342 e. The van der Waals surface area contributed by atoms with E-state index in [1.807, 2.05) is 32.2 Å². The molecule has 0 spiro atoms. The monoisotopic (exact) mass is 529 g/mol. The Morgan fingerprint density at radius 1 is 1.05 bits per heavy atom. The molecular formula is C33H43N3O3. The number of nitrogens with one attached hydrogen (secondary N) is 1. The minimum absolute atomic E-state index is 0.195. The van der Waals surface area contributed by atoms with Gasteiger partial charge in [0.2, 0.25) is 0 Å². The Labute approximate surface area is 233 Å². The molecule has 6 heteroatoms. The van der Waals surface area contributed by atoms with Gasteiger partial charge in [-0.25, -0.2) is 4.79 Å². The summed E-state index contributed by atoms with van der Waals surface area (Å²) < 4.78 is 11.8. The zero-order valence-electron chi connectivity index (χ0n) is 24.0.